The van der Waals surface area contributed by atoms with Gasteiger partial charge in [0.25, 0.3) is 0 Å². The molecule has 1 N–H and O–H groups in total. The zero-order valence-corrected chi connectivity index (χ0v) is 18.3. The summed E-state index contributed by atoms with van der Waals surface area (Å²) in [6.07, 6.45) is 7.19. The molecule has 168 valence electrons. The van der Waals surface area contributed by atoms with Gasteiger partial charge < -0.3 is 14.8 Å². The van der Waals surface area contributed by atoms with E-state index in [1.807, 2.05) is 0 Å². The van der Waals surface area contributed by atoms with Crippen LogP contribution in [0.15, 0.2) is 60.1 Å². The van der Waals surface area contributed by atoms with Crippen LogP contribution in [0.1, 0.15) is 12.0 Å². The van der Waals surface area contributed by atoms with Crippen molar-refractivity contribution in [2.24, 2.45) is 0 Å². The highest BCUT2D eigenvalue weighted by Crippen LogP contribution is 2.37. The Morgan fingerprint density at radius 2 is 2.06 bits per heavy atom. The zero-order chi connectivity index (χ0) is 22.6. The molecule has 1 aliphatic heterocycles. The summed E-state index contributed by atoms with van der Waals surface area (Å²) >= 11 is 0. The lowest BCUT2D eigenvalue weighted by Crippen LogP contribution is -2.39. The van der Waals surface area contributed by atoms with Gasteiger partial charge in [-0.05, 0) is 29.8 Å². The number of hydrogen-bond donors (Lipinski definition) is 1. The third-order valence-corrected chi connectivity index (χ3v) is 6.71. The molecule has 3 heterocycles. The van der Waals surface area contributed by atoms with Crippen LogP contribution >= 0.6 is 0 Å². The minimum atomic E-state index is -4.10. The molecule has 32 heavy (non-hydrogen) atoms. The first-order valence-electron chi connectivity index (χ1n) is 10.0. The van der Waals surface area contributed by atoms with Crippen LogP contribution < -0.4 is 14.8 Å². The van der Waals surface area contributed by atoms with Crippen molar-refractivity contribution < 1.29 is 22.7 Å². The first kappa shape index (κ1) is 21.8. The van der Waals surface area contributed by atoms with Crippen LogP contribution in [-0.4, -0.2) is 60.0 Å². The molecule has 11 heteroatoms. The predicted octanol–water partition coefficient (Wildman–Crippen LogP) is 1.37. The molecule has 3 aromatic rings. The monoisotopic (exact) mass is 457 g/mol. The van der Waals surface area contributed by atoms with E-state index in [2.05, 4.69) is 15.3 Å². The number of hydrogen-bond acceptors (Lipinski definition) is 7. The zero-order valence-electron chi connectivity index (χ0n) is 17.5. The second-order valence-electron chi connectivity index (χ2n) is 7.07. The van der Waals surface area contributed by atoms with Gasteiger partial charge >= 0.3 is 0 Å². The number of rotatable bonds is 7. The van der Waals surface area contributed by atoms with Crippen LogP contribution in [0.4, 0.5) is 0 Å². The van der Waals surface area contributed by atoms with Gasteiger partial charge in [0, 0.05) is 38.6 Å². The Bertz CT molecular complexity index is 1200. The Kier molecular flexibility index (Phi) is 6.37. The van der Waals surface area contributed by atoms with Crippen LogP contribution in [0.3, 0.4) is 0 Å². The smallest absolute Gasteiger partial charge is 0.247 e. The van der Waals surface area contributed by atoms with Crippen molar-refractivity contribution in [2.75, 3.05) is 26.8 Å². The summed E-state index contributed by atoms with van der Waals surface area (Å²) in [6.45, 7) is 0.386. The molecule has 0 bridgehead atoms. The fourth-order valence-electron chi connectivity index (χ4n) is 3.27. The molecule has 4 rings (SSSR count). The van der Waals surface area contributed by atoms with E-state index in [-0.39, 0.29) is 23.7 Å². The van der Waals surface area contributed by atoms with Gasteiger partial charge in [0.05, 0.1) is 19.8 Å². The summed E-state index contributed by atoms with van der Waals surface area (Å²) < 4.78 is 41.5. The standard InChI is InChI=1S/C21H23N5O5S/c1-22-20(27)14-26(13-16-6-7-24-19(12-16)25-9-8-23-15-25)32(28,29)18-5-2-4-17-21(18)31-11-3-10-30-17/h2,4-9,12,15H,3,10-11,13-14H2,1H3,(H,22,27). The lowest BCUT2D eigenvalue weighted by atomic mass is 10.2. The number of imidazole rings is 1. The number of benzene rings is 1. The number of ether oxygens (including phenoxy) is 2. The number of sulfonamides is 1. The minimum absolute atomic E-state index is 0.0372. The first-order valence-corrected chi connectivity index (χ1v) is 11.5. The molecule has 0 saturated carbocycles. The number of pyridine rings is 1. The van der Waals surface area contributed by atoms with Crippen LogP contribution in [-0.2, 0) is 21.4 Å². The second kappa shape index (κ2) is 9.37. The van der Waals surface area contributed by atoms with Gasteiger partial charge in [-0.25, -0.2) is 18.4 Å². The molecule has 0 spiro atoms. The Morgan fingerprint density at radius 1 is 1.22 bits per heavy atom. The third kappa shape index (κ3) is 4.58. The summed E-state index contributed by atoms with van der Waals surface area (Å²) in [6, 6.07) is 8.19. The van der Waals surface area contributed by atoms with Gasteiger partial charge in [0.15, 0.2) is 11.5 Å². The molecule has 0 atom stereocenters. The number of likely N-dealkylation sites (N-methyl/N-ethyl adjacent to an activating group) is 1. The molecule has 1 aliphatic rings. The normalized spacial score (nSPS) is 13.6. The molecule has 1 aromatic carbocycles. The molecule has 0 saturated heterocycles. The van der Waals surface area contributed by atoms with E-state index in [1.54, 1.807) is 53.8 Å². The number of nitrogens with zero attached hydrogens (tertiary/aromatic N) is 4. The lowest BCUT2D eigenvalue weighted by Gasteiger charge is -2.23. The molecule has 0 radical (unpaired) electrons. The van der Waals surface area contributed by atoms with Crippen LogP contribution in [0.2, 0.25) is 0 Å². The summed E-state index contributed by atoms with van der Waals surface area (Å²) in [4.78, 5) is 20.5. The fourth-order valence-corrected chi connectivity index (χ4v) is 4.80. The van der Waals surface area contributed by atoms with Crippen molar-refractivity contribution in [3.8, 4) is 17.3 Å². The van der Waals surface area contributed by atoms with E-state index in [4.69, 9.17) is 9.47 Å². The SMILES string of the molecule is CNC(=O)CN(Cc1ccnc(-n2ccnc2)c1)S(=O)(=O)c1cccc2c1OCCCO2. The fraction of sp³-hybridized carbons (Fsp3) is 0.286. The van der Waals surface area contributed by atoms with Crippen LogP contribution in [0, 0.1) is 0 Å². The molecule has 10 nitrogen and oxygen atoms in total. The van der Waals surface area contributed by atoms with Gasteiger partial charge in [0.2, 0.25) is 15.9 Å². The quantitative estimate of drug-likeness (QED) is 0.570. The van der Waals surface area contributed by atoms with E-state index in [0.717, 1.165) is 4.31 Å². The highest BCUT2D eigenvalue weighted by molar-refractivity contribution is 7.89. The molecular formula is C21H23N5O5S. The van der Waals surface area contributed by atoms with Crippen molar-refractivity contribution in [2.45, 2.75) is 17.9 Å². The maximum atomic E-state index is 13.7. The number of carbonyl (C=O) groups excluding carboxylic acids is 1. The predicted molar refractivity (Wildman–Crippen MR) is 115 cm³/mol. The molecule has 1 amide bonds. The van der Waals surface area contributed by atoms with Crippen LogP contribution in [0.25, 0.3) is 5.82 Å². The highest BCUT2D eigenvalue weighted by Gasteiger charge is 2.32. The molecule has 0 aliphatic carbocycles. The van der Waals surface area contributed by atoms with E-state index < -0.39 is 15.9 Å². The van der Waals surface area contributed by atoms with E-state index in [9.17, 15) is 13.2 Å². The Morgan fingerprint density at radius 3 is 2.84 bits per heavy atom. The van der Waals surface area contributed by atoms with Crippen LogP contribution in [0.5, 0.6) is 11.5 Å². The highest BCUT2D eigenvalue weighted by atomic mass is 32.2. The number of amides is 1. The van der Waals surface area contributed by atoms with Crippen molar-refractivity contribution >= 4 is 15.9 Å². The summed E-state index contributed by atoms with van der Waals surface area (Å²) in [5.41, 5.74) is 0.662. The summed E-state index contributed by atoms with van der Waals surface area (Å²) in [5.74, 6) is 0.690. The Balaban J connectivity index is 1.71. The number of para-hydroxylation sites is 1. The largest absolute Gasteiger partial charge is 0.490 e. The molecule has 0 unspecified atom stereocenters. The number of carbonyl (C=O) groups is 1. The number of nitrogens with one attached hydrogen (secondary N) is 1. The van der Waals surface area contributed by atoms with E-state index >= 15 is 0 Å². The maximum absolute atomic E-state index is 13.7. The van der Waals surface area contributed by atoms with Crippen molar-refractivity contribution in [1.29, 1.82) is 0 Å². The Hall–Kier alpha value is -3.44. The van der Waals surface area contributed by atoms with Gasteiger partial charge in [-0.15, -0.1) is 0 Å². The molecule has 0 fully saturated rings. The number of fused-ring (bicyclic) bond motifs is 1. The summed E-state index contributed by atoms with van der Waals surface area (Å²) in [7, 11) is -2.64. The topological polar surface area (TPSA) is 116 Å². The average Bonchev–Trinajstić information content (AvgIpc) is 3.23. The Labute approximate surface area is 185 Å². The van der Waals surface area contributed by atoms with Crippen molar-refractivity contribution in [1.82, 2.24) is 24.2 Å². The minimum Gasteiger partial charge on any atom is -0.490 e. The van der Waals surface area contributed by atoms with Gasteiger partial charge in [-0.3, -0.25) is 9.36 Å². The molecular weight excluding hydrogens is 434 g/mol. The van der Waals surface area contributed by atoms with E-state index in [1.165, 1.54) is 13.1 Å². The summed E-state index contributed by atoms with van der Waals surface area (Å²) in [5, 5.41) is 2.49. The maximum Gasteiger partial charge on any atom is 0.247 e. The average molecular weight is 458 g/mol. The van der Waals surface area contributed by atoms with E-state index in [0.29, 0.717) is 36.8 Å². The number of aromatic nitrogens is 3. The first-order chi connectivity index (χ1) is 15.5. The third-order valence-electron chi connectivity index (χ3n) is 4.89. The van der Waals surface area contributed by atoms with Gasteiger partial charge in [-0.1, -0.05) is 6.07 Å². The van der Waals surface area contributed by atoms with Crippen molar-refractivity contribution in [3.63, 3.8) is 0 Å². The molecule has 2 aromatic heterocycles. The lowest BCUT2D eigenvalue weighted by molar-refractivity contribution is -0.120. The van der Waals surface area contributed by atoms with Crippen molar-refractivity contribution in [3.05, 3.63) is 60.8 Å². The van der Waals surface area contributed by atoms with Gasteiger partial charge in [-0.2, -0.15) is 4.31 Å². The second-order valence-corrected chi connectivity index (χ2v) is 8.98. The van der Waals surface area contributed by atoms with Gasteiger partial charge in [0.1, 0.15) is 17.0 Å².